The fourth-order valence-electron chi connectivity index (χ4n) is 2.69. The summed E-state index contributed by atoms with van der Waals surface area (Å²) >= 11 is 0. The van der Waals surface area contributed by atoms with Crippen LogP contribution in [-0.4, -0.2) is 14.8 Å². The summed E-state index contributed by atoms with van der Waals surface area (Å²) in [5.41, 5.74) is 0.209. The maximum absolute atomic E-state index is 13.5. The van der Waals surface area contributed by atoms with E-state index in [1.165, 1.54) is 10.9 Å². The molecule has 3 heterocycles. The van der Waals surface area contributed by atoms with Crippen molar-refractivity contribution in [1.82, 2.24) is 14.8 Å². The second-order valence-corrected chi connectivity index (χ2v) is 5.51. The Hall–Kier alpha value is -2.31. The average molecular weight is 307 g/mol. The first kappa shape index (κ1) is 13.4. The number of rotatable bonds is 2. The summed E-state index contributed by atoms with van der Waals surface area (Å²) in [7, 11) is 1.62. The number of nitrogens with zero attached hydrogens (tertiary/aromatic N) is 3. The van der Waals surface area contributed by atoms with Gasteiger partial charge in [-0.15, -0.1) is 0 Å². The third-order valence-electron chi connectivity index (χ3n) is 3.86. The molecule has 1 fully saturated rings. The average Bonchev–Trinajstić information content (AvgIpc) is 3.05. The normalized spacial score (nSPS) is 15.6. The van der Waals surface area contributed by atoms with E-state index in [1.54, 1.807) is 19.2 Å². The largest absolute Gasteiger partial charge is 0.463 e. The predicted octanol–water partition coefficient (Wildman–Crippen LogP) is 4.12. The van der Waals surface area contributed by atoms with Crippen molar-refractivity contribution in [2.75, 3.05) is 0 Å². The first-order chi connectivity index (χ1) is 10.4. The van der Waals surface area contributed by atoms with Gasteiger partial charge in [-0.3, -0.25) is 4.68 Å². The van der Waals surface area contributed by atoms with Crippen LogP contribution in [0, 0.1) is 0 Å². The Kier molecular flexibility index (Phi) is 2.64. The number of aryl methyl sites for hydroxylation is 1. The third kappa shape index (κ3) is 2.00. The number of furan rings is 1. The van der Waals surface area contributed by atoms with Crippen LogP contribution in [0.2, 0.25) is 0 Å². The van der Waals surface area contributed by atoms with Gasteiger partial charge in [0, 0.05) is 13.0 Å². The highest BCUT2D eigenvalue weighted by atomic mass is 19.4. The van der Waals surface area contributed by atoms with E-state index in [4.69, 9.17) is 4.42 Å². The van der Waals surface area contributed by atoms with Gasteiger partial charge in [-0.05, 0) is 31.0 Å². The molecule has 1 aliphatic carbocycles. The number of aromatic nitrogens is 3. The molecule has 0 bridgehead atoms. The number of pyridine rings is 1. The quantitative estimate of drug-likeness (QED) is 0.715. The van der Waals surface area contributed by atoms with Gasteiger partial charge in [0.15, 0.2) is 11.4 Å². The van der Waals surface area contributed by atoms with E-state index >= 15 is 0 Å². The smallest absolute Gasteiger partial charge is 0.417 e. The molecule has 0 atom stereocenters. The van der Waals surface area contributed by atoms with Crippen LogP contribution in [0.5, 0.6) is 0 Å². The van der Waals surface area contributed by atoms with E-state index in [0.29, 0.717) is 11.5 Å². The highest BCUT2D eigenvalue weighted by Crippen LogP contribution is 2.46. The maximum atomic E-state index is 13.5. The molecule has 4 nitrogen and oxygen atoms in total. The predicted molar refractivity (Wildman–Crippen MR) is 73.2 cm³/mol. The van der Waals surface area contributed by atoms with Gasteiger partial charge in [-0.25, -0.2) is 4.98 Å². The Bertz CT molecular complexity index is 845. The van der Waals surface area contributed by atoms with Crippen LogP contribution < -0.4 is 0 Å². The molecule has 0 aromatic carbocycles. The topological polar surface area (TPSA) is 43.9 Å². The first-order valence-corrected chi connectivity index (χ1v) is 6.94. The number of hydrogen-bond donors (Lipinski definition) is 0. The Morgan fingerprint density at radius 2 is 2.09 bits per heavy atom. The molecule has 0 aliphatic heterocycles. The van der Waals surface area contributed by atoms with Gasteiger partial charge in [0.25, 0.3) is 0 Å². The molecule has 0 saturated heterocycles. The van der Waals surface area contributed by atoms with Crippen molar-refractivity contribution < 1.29 is 17.6 Å². The standard InChI is InChI=1S/C15H12F3N3O/c1-21-14-12(13(20-21)8-4-5-8)9(15(16,17)18)7-10(19-14)11-3-2-6-22-11/h2-3,6-8H,4-5H2,1H3. The lowest BCUT2D eigenvalue weighted by atomic mass is 10.1. The minimum atomic E-state index is -4.46. The Labute approximate surface area is 123 Å². The van der Waals surface area contributed by atoms with Crippen molar-refractivity contribution in [3.8, 4) is 11.5 Å². The molecule has 7 heteroatoms. The lowest BCUT2D eigenvalue weighted by Crippen LogP contribution is -2.08. The van der Waals surface area contributed by atoms with Gasteiger partial charge in [0.2, 0.25) is 0 Å². The summed E-state index contributed by atoms with van der Waals surface area (Å²) in [6, 6.07) is 4.26. The van der Waals surface area contributed by atoms with E-state index in [9.17, 15) is 13.2 Å². The summed E-state index contributed by atoms with van der Waals surface area (Å²) < 4.78 is 47.2. The molecule has 1 saturated carbocycles. The SMILES string of the molecule is Cn1nc(C2CC2)c2c(C(F)(F)F)cc(-c3ccco3)nc21. The van der Waals surface area contributed by atoms with E-state index in [-0.39, 0.29) is 22.6 Å². The highest BCUT2D eigenvalue weighted by Gasteiger charge is 2.39. The molecular weight excluding hydrogens is 295 g/mol. The summed E-state index contributed by atoms with van der Waals surface area (Å²) in [6.07, 6.45) is -1.30. The lowest BCUT2D eigenvalue weighted by molar-refractivity contribution is -0.136. The molecular formula is C15H12F3N3O. The van der Waals surface area contributed by atoms with E-state index in [2.05, 4.69) is 10.1 Å². The Morgan fingerprint density at radius 3 is 2.68 bits per heavy atom. The summed E-state index contributed by atoms with van der Waals surface area (Å²) in [5, 5.41) is 4.39. The molecule has 114 valence electrons. The fourth-order valence-corrected chi connectivity index (χ4v) is 2.69. The first-order valence-electron chi connectivity index (χ1n) is 6.94. The van der Waals surface area contributed by atoms with E-state index < -0.39 is 11.7 Å². The van der Waals surface area contributed by atoms with Gasteiger partial charge in [0.05, 0.1) is 22.9 Å². The zero-order valence-corrected chi connectivity index (χ0v) is 11.7. The number of alkyl halides is 3. The maximum Gasteiger partial charge on any atom is 0.417 e. The van der Waals surface area contributed by atoms with Crippen molar-refractivity contribution in [3.63, 3.8) is 0 Å². The zero-order chi connectivity index (χ0) is 15.5. The van der Waals surface area contributed by atoms with Crippen molar-refractivity contribution in [1.29, 1.82) is 0 Å². The van der Waals surface area contributed by atoms with Gasteiger partial charge < -0.3 is 4.42 Å². The Morgan fingerprint density at radius 1 is 1.32 bits per heavy atom. The molecule has 0 radical (unpaired) electrons. The monoisotopic (exact) mass is 307 g/mol. The molecule has 3 aromatic heterocycles. The molecule has 0 N–H and O–H groups in total. The molecule has 4 rings (SSSR count). The minimum absolute atomic E-state index is 0.112. The van der Waals surface area contributed by atoms with Crippen molar-refractivity contribution in [2.24, 2.45) is 7.05 Å². The van der Waals surface area contributed by atoms with Gasteiger partial charge >= 0.3 is 6.18 Å². The van der Waals surface area contributed by atoms with Crippen LogP contribution in [-0.2, 0) is 13.2 Å². The second-order valence-electron chi connectivity index (χ2n) is 5.51. The lowest BCUT2D eigenvalue weighted by Gasteiger charge is -2.10. The summed E-state index contributed by atoms with van der Waals surface area (Å²) in [4.78, 5) is 4.33. The third-order valence-corrected chi connectivity index (χ3v) is 3.86. The number of fused-ring (bicyclic) bond motifs is 1. The van der Waals surface area contributed by atoms with Crippen molar-refractivity contribution >= 4 is 11.0 Å². The van der Waals surface area contributed by atoms with E-state index in [1.807, 2.05) is 0 Å². The van der Waals surface area contributed by atoms with Crippen LogP contribution in [0.3, 0.4) is 0 Å². The van der Waals surface area contributed by atoms with Crippen LogP contribution in [0.1, 0.15) is 30.0 Å². The Balaban J connectivity index is 2.06. The van der Waals surface area contributed by atoms with Crippen LogP contribution in [0.4, 0.5) is 13.2 Å². The molecule has 0 spiro atoms. The van der Waals surface area contributed by atoms with Crippen molar-refractivity contribution in [3.05, 3.63) is 35.7 Å². The molecule has 0 amide bonds. The molecule has 22 heavy (non-hydrogen) atoms. The van der Waals surface area contributed by atoms with Crippen LogP contribution >= 0.6 is 0 Å². The number of halogens is 3. The zero-order valence-electron chi connectivity index (χ0n) is 11.7. The minimum Gasteiger partial charge on any atom is -0.463 e. The van der Waals surface area contributed by atoms with Crippen LogP contribution in [0.25, 0.3) is 22.5 Å². The van der Waals surface area contributed by atoms with Gasteiger partial charge in [-0.1, -0.05) is 0 Å². The second kappa shape index (κ2) is 4.34. The van der Waals surface area contributed by atoms with Gasteiger partial charge in [0.1, 0.15) is 5.69 Å². The molecule has 0 unspecified atom stereocenters. The summed E-state index contributed by atoms with van der Waals surface area (Å²) in [6.45, 7) is 0. The van der Waals surface area contributed by atoms with Crippen LogP contribution in [0.15, 0.2) is 28.9 Å². The number of hydrogen-bond acceptors (Lipinski definition) is 3. The fraction of sp³-hybridized carbons (Fsp3) is 0.333. The summed E-state index contributed by atoms with van der Waals surface area (Å²) in [5.74, 6) is 0.419. The highest BCUT2D eigenvalue weighted by molar-refractivity contribution is 5.86. The van der Waals surface area contributed by atoms with Crippen molar-refractivity contribution in [2.45, 2.75) is 24.9 Å². The molecule has 1 aliphatic rings. The van der Waals surface area contributed by atoms with E-state index in [0.717, 1.165) is 18.9 Å². The van der Waals surface area contributed by atoms with Gasteiger partial charge in [-0.2, -0.15) is 18.3 Å². The molecule has 3 aromatic rings.